The molecule has 4 aromatic rings. The van der Waals surface area contributed by atoms with Gasteiger partial charge >= 0.3 is 11.9 Å². The van der Waals surface area contributed by atoms with E-state index in [2.05, 4.69) is 0 Å². The fraction of sp³-hybridized carbons (Fsp3) is 0.129. The van der Waals surface area contributed by atoms with Crippen molar-refractivity contribution in [3.05, 3.63) is 131 Å². The molecule has 1 aliphatic carbocycles. The Morgan fingerprint density at radius 1 is 0.667 bits per heavy atom. The van der Waals surface area contributed by atoms with Crippen molar-refractivity contribution in [2.75, 3.05) is 14.2 Å². The van der Waals surface area contributed by atoms with Crippen LogP contribution >= 0.6 is 0 Å². The molecule has 178 valence electrons. The lowest BCUT2D eigenvalue weighted by Crippen LogP contribution is -2.48. The number of aliphatic imine (C=N–C) groups is 1. The molecule has 5 nitrogen and oxygen atoms in total. The standard InChI is InChI=1S/C31H25NO4/c1-35-29(33)27-25-19-10-9-17-23(25)24-18-11-12-20-26(24)31(27,30(34)36-2)32-28(21-13-5-3-6-14-21)22-15-7-4-8-16-22/h3-20,27H,1-2H3/t27-,31?/m0/s1. The summed E-state index contributed by atoms with van der Waals surface area (Å²) in [7, 11) is 2.65. The molecule has 5 rings (SSSR count). The van der Waals surface area contributed by atoms with E-state index in [1.807, 2.05) is 109 Å². The fourth-order valence-corrected chi connectivity index (χ4v) is 5.06. The number of carbonyl (C=O) groups is 2. The number of fused-ring (bicyclic) bond motifs is 3. The van der Waals surface area contributed by atoms with Gasteiger partial charge in [0.25, 0.3) is 0 Å². The lowest BCUT2D eigenvalue weighted by molar-refractivity contribution is -0.156. The van der Waals surface area contributed by atoms with Crippen LogP contribution in [0.4, 0.5) is 0 Å². The van der Waals surface area contributed by atoms with Crippen molar-refractivity contribution in [1.29, 1.82) is 0 Å². The average Bonchev–Trinajstić information content (AvgIpc) is 2.95. The van der Waals surface area contributed by atoms with Gasteiger partial charge in [0.2, 0.25) is 5.54 Å². The van der Waals surface area contributed by atoms with E-state index in [1.165, 1.54) is 14.2 Å². The Hall–Kier alpha value is -4.51. The van der Waals surface area contributed by atoms with E-state index in [0.29, 0.717) is 16.8 Å². The number of methoxy groups -OCH3 is 2. The summed E-state index contributed by atoms with van der Waals surface area (Å²) in [6.45, 7) is 0. The molecular formula is C31H25NO4. The Kier molecular flexibility index (Phi) is 6.21. The zero-order valence-corrected chi connectivity index (χ0v) is 20.0. The molecule has 1 aliphatic rings. The number of ether oxygens (including phenoxy) is 2. The Morgan fingerprint density at radius 3 is 1.78 bits per heavy atom. The van der Waals surface area contributed by atoms with Gasteiger partial charge in [-0.15, -0.1) is 0 Å². The summed E-state index contributed by atoms with van der Waals surface area (Å²) in [5.41, 5.74) is 3.42. The predicted molar refractivity (Wildman–Crippen MR) is 139 cm³/mol. The van der Waals surface area contributed by atoms with E-state index in [4.69, 9.17) is 14.5 Å². The van der Waals surface area contributed by atoms with Crippen molar-refractivity contribution < 1.29 is 19.1 Å². The molecule has 0 spiro atoms. The first-order chi connectivity index (χ1) is 17.6. The van der Waals surface area contributed by atoms with Gasteiger partial charge in [0, 0.05) is 11.1 Å². The maximum absolute atomic E-state index is 14.0. The van der Waals surface area contributed by atoms with Crippen molar-refractivity contribution in [1.82, 2.24) is 0 Å². The molecule has 0 N–H and O–H groups in total. The van der Waals surface area contributed by atoms with Gasteiger partial charge in [-0.2, -0.15) is 0 Å². The molecule has 0 aliphatic heterocycles. The van der Waals surface area contributed by atoms with E-state index < -0.39 is 23.4 Å². The van der Waals surface area contributed by atoms with Crippen molar-refractivity contribution in [2.24, 2.45) is 4.99 Å². The van der Waals surface area contributed by atoms with Crippen LogP contribution in [0.5, 0.6) is 0 Å². The highest BCUT2D eigenvalue weighted by atomic mass is 16.5. The Bertz CT molecular complexity index is 1400. The number of carbonyl (C=O) groups excluding carboxylic acids is 2. The molecule has 0 amide bonds. The fourth-order valence-electron chi connectivity index (χ4n) is 5.06. The molecule has 0 fully saturated rings. The summed E-state index contributed by atoms with van der Waals surface area (Å²) in [4.78, 5) is 32.7. The largest absolute Gasteiger partial charge is 0.468 e. The highest BCUT2D eigenvalue weighted by Gasteiger charge is 2.57. The summed E-state index contributed by atoms with van der Waals surface area (Å²) >= 11 is 0. The van der Waals surface area contributed by atoms with Crippen LogP contribution in [0.1, 0.15) is 28.2 Å². The zero-order chi connectivity index (χ0) is 25.1. The molecular weight excluding hydrogens is 450 g/mol. The summed E-state index contributed by atoms with van der Waals surface area (Å²) in [5, 5.41) is 0. The van der Waals surface area contributed by atoms with Crippen molar-refractivity contribution in [3.8, 4) is 11.1 Å². The smallest absolute Gasteiger partial charge is 0.339 e. The van der Waals surface area contributed by atoms with Crippen LogP contribution in [0.15, 0.2) is 114 Å². The number of esters is 2. The molecule has 4 aromatic carbocycles. The van der Waals surface area contributed by atoms with Crippen molar-refractivity contribution in [3.63, 3.8) is 0 Å². The molecule has 0 saturated heterocycles. The maximum atomic E-state index is 14.0. The van der Waals surface area contributed by atoms with Gasteiger partial charge < -0.3 is 9.47 Å². The van der Waals surface area contributed by atoms with Crippen molar-refractivity contribution in [2.45, 2.75) is 11.5 Å². The third kappa shape index (κ3) is 3.69. The summed E-state index contributed by atoms with van der Waals surface area (Å²) in [6.07, 6.45) is 0. The van der Waals surface area contributed by atoms with Gasteiger partial charge in [-0.25, -0.2) is 4.79 Å². The molecule has 2 atom stereocenters. The van der Waals surface area contributed by atoms with Crippen LogP contribution in [0.25, 0.3) is 11.1 Å². The molecule has 0 radical (unpaired) electrons. The van der Waals surface area contributed by atoms with E-state index >= 15 is 0 Å². The lowest BCUT2D eigenvalue weighted by atomic mass is 9.66. The third-order valence-corrected chi connectivity index (χ3v) is 6.63. The maximum Gasteiger partial charge on any atom is 0.339 e. The van der Waals surface area contributed by atoms with Crippen LogP contribution in [-0.4, -0.2) is 31.9 Å². The molecule has 5 heteroatoms. The molecule has 0 heterocycles. The van der Waals surface area contributed by atoms with Crippen molar-refractivity contribution >= 4 is 17.7 Å². The molecule has 0 aromatic heterocycles. The zero-order valence-electron chi connectivity index (χ0n) is 20.0. The van der Waals surface area contributed by atoms with Gasteiger partial charge in [-0.05, 0) is 22.3 Å². The van der Waals surface area contributed by atoms with E-state index in [9.17, 15) is 9.59 Å². The minimum Gasteiger partial charge on any atom is -0.468 e. The Labute approximate surface area is 210 Å². The SMILES string of the molecule is COC(=O)[C@@H]1c2ccccc2-c2ccccc2C1(N=C(c1ccccc1)c1ccccc1)C(=O)OC. The van der Waals surface area contributed by atoms with Crippen LogP contribution in [0, 0.1) is 0 Å². The average molecular weight is 476 g/mol. The normalized spacial score (nSPS) is 17.8. The lowest BCUT2D eigenvalue weighted by Gasteiger charge is -2.40. The van der Waals surface area contributed by atoms with E-state index in [1.54, 1.807) is 0 Å². The number of hydrogen-bond acceptors (Lipinski definition) is 5. The van der Waals surface area contributed by atoms with Gasteiger partial charge in [0.1, 0.15) is 5.92 Å². The first-order valence-corrected chi connectivity index (χ1v) is 11.7. The quantitative estimate of drug-likeness (QED) is 0.281. The highest BCUT2D eigenvalue weighted by molar-refractivity contribution is 6.14. The van der Waals surface area contributed by atoms with Crippen LogP contribution in [0.3, 0.4) is 0 Å². The summed E-state index contributed by atoms with van der Waals surface area (Å²) in [5.74, 6) is -2.25. The van der Waals surface area contributed by atoms with Gasteiger partial charge in [-0.1, -0.05) is 109 Å². The second kappa shape index (κ2) is 9.62. The Balaban J connectivity index is 1.93. The predicted octanol–water partition coefficient (Wildman–Crippen LogP) is 5.53. The molecule has 1 unspecified atom stereocenters. The number of hydrogen-bond donors (Lipinski definition) is 0. The second-order valence-electron chi connectivity index (χ2n) is 8.54. The summed E-state index contributed by atoms with van der Waals surface area (Å²) in [6, 6.07) is 34.4. The third-order valence-electron chi connectivity index (χ3n) is 6.63. The first-order valence-electron chi connectivity index (χ1n) is 11.7. The highest BCUT2D eigenvalue weighted by Crippen LogP contribution is 2.53. The second-order valence-corrected chi connectivity index (χ2v) is 8.54. The van der Waals surface area contributed by atoms with Crippen LogP contribution < -0.4 is 0 Å². The number of benzene rings is 4. The van der Waals surface area contributed by atoms with Crippen LogP contribution in [-0.2, 0) is 24.6 Å². The van der Waals surface area contributed by atoms with Gasteiger partial charge in [0.05, 0.1) is 19.9 Å². The van der Waals surface area contributed by atoms with E-state index in [0.717, 1.165) is 22.3 Å². The van der Waals surface area contributed by atoms with E-state index in [-0.39, 0.29) is 0 Å². The monoisotopic (exact) mass is 475 g/mol. The summed E-state index contributed by atoms with van der Waals surface area (Å²) < 4.78 is 10.7. The minimum atomic E-state index is -1.71. The Morgan fingerprint density at radius 2 is 1.19 bits per heavy atom. The minimum absolute atomic E-state index is 0.563. The number of rotatable bonds is 5. The molecule has 0 bridgehead atoms. The topological polar surface area (TPSA) is 65.0 Å². The van der Waals surface area contributed by atoms with Crippen LogP contribution in [0.2, 0.25) is 0 Å². The number of nitrogens with zero attached hydrogens (tertiary/aromatic N) is 1. The molecule has 0 saturated carbocycles. The molecule has 36 heavy (non-hydrogen) atoms. The first kappa shape index (κ1) is 23.2. The van der Waals surface area contributed by atoms with Gasteiger partial charge in [0.15, 0.2) is 0 Å². The van der Waals surface area contributed by atoms with Gasteiger partial charge in [-0.3, -0.25) is 9.79 Å².